The quantitative estimate of drug-likeness (QED) is 0.544. The van der Waals surface area contributed by atoms with Gasteiger partial charge in [-0.25, -0.2) is 8.78 Å². The van der Waals surface area contributed by atoms with Crippen LogP contribution in [-0.4, -0.2) is 23.7 Å². The van der Waals surface area contributed by atoms with Crippen molar-refractivity contribution in [2.45, 2.75) is 18.9 Å². The van der Waals surface area contributed by atoms with Crippen molar-refractivity contribution in [1.29, 1.82) is 0 Å². The molecule has 2 nitrogen and oxygen atoms in total. The van der Waals surface area contributed by atoms with Gasteiger partial charge in [-0.3, -0.25) is 0 Å². The van der Waals surface area contributed by atoms with E-state index in [1.54, 1.807) is 0 Å². The zero-order valence-electron chi connectivity index (χ0n) is 4.56. The van der Waals surface area contributed by atoms with Crippen molar-refractivity contribution in [2.24, 2.45) is 5.73 Å². The predicted octanol–water partition coefficient (Wildman–Crippen LogP) is -0.0388. The van der Waals surface area contributed by atoms with Gasteiger partial charge in [-0.05, 0) is 6.92 Å². The fourth-order valence-corrected chi connectivity index (χ4v) is 0.0690. The van der Waals surface area contributed by atoms with E-state index in [2.05, 4.69) is 0 Å². The van der Waals surface area contributed by atoms with Crippen LogP contribution in [-0.2, 0) is 0 Å². The van der Waals surface area contributed by atoms with Gasteiger partial charge in [-0.15, -0.1) is 0 Å². The summed E-state index contributed by atoms with van der Waals surface area (Å²) in [6, 6.07) is 0. The minimum atomic E-state index is -2.66. The van der Waals surface area contributed by atoms with Gasteiger partial charge in [0, 0.05) is 0 Å². The maximum atomic E-state index is 11.5. The second-order valence-corrected chi connectivity index (χ2v) is 1.96. The number of alkyl halides is 2. The van der Waals surface area contributed by atoms with Crippen molar-refractivity contribution in [3.05, 3.63) is 0 Å². The highest BCUT2D eigenvalue weighted by Crippen LogP contribution is 2.09. The maximum Gasteiger partial charge on any atom is 0.258 e. The van der Waals surface area contributed by atoms with Gasteiger partial charge < -0.3 is 10.8 Å². The first-order valence-electron chi connectivity index (χ1n) is 2.18. The molecular weight excluding hydrogens is 116 g/mol. The molecule has 1 atom stereocenters. The lowest BCUT2D eigenvalue weighted by molar-refractivity contribution is 0.0284. The highest BCUT2D eigenvalue weighted by atomic mass is 19.3. The molecule has 0 spiro atoms. The van der Waals surface area contributed by atoms with E-state index < -0.39 is 18.6 Å². The van der Waals surface area contributed by atoms with Crippen LogP contribution in [0.2, 0.25) is 0 Å². The van der Waals surface area contributed by atoms with Crippen molar-refractivity contribution in [3.63, 3.8) is 0 Å². The Morgan fingerprint density at radius 1 is 1.75 bits per heavy atom. The van der Waals surface area contributed by atoms with Gasteiger partial charge in [0.05, 0.1) is 12.1 Å². The molecule has 0 aliphatic rings. The molecule has 0 aliphatic carbocycles. The number of nitrogens with two attached hydrogens (primary N) is 1. The van der Waals surface area contributed by atoms with Crippen LogP contribution < -0.4 is 5.73 Å². The minimum Gasteiger partial charge on any atom is -0.394 e. The van der Waals surface area contributed by atoms with E-state index in [0.29, 0.717) is 0 Å². The van der Waals surface area contributed by atoms with Crippen molar-refractivity contribution >= 4 is 0 Å². The number of aliphatic hydroxyl groups excluding tert-OH is 1. The summed E-state index contributed by atoms with van der Waals surface area (Å²) in [5.41, 5.74) is 3.12. The van der Waals surface area contributed by atoms with E-state index in [-0.39, 0.29) is 0 Å². The van der Waals surface area contributed by atoms with Gasteiger partial charge >= 0.3 is 0 Å². The molecule has 0 aromatic rings. The van der Waals surface area contributed by atoms with E-state index in [1.165, 1.54) is 0 Å². The van der Waals surface area contributed by atoms with Crippen LogP contribution in [0.25, 0.3) is 0 Å². The van der Waals surface area contributed by atoms with Crippen molar-refractivity contribution in [1.82, 2.24) is 0 Å². The smallest absolute Gasteiger partial charge is 0.258 e. The fraction of sp³-hybridized carbons (Fsp3) is 1.00. The Morgan fingerprint density at radius 3 is 2.12 bits per heavy atom. The van der Waals surface area contributed by atoms with Crippen molar-refractivity contribution in [2.75, 3.05) is 6.61 Å². The SMILES string of the molecule is CC(N)(CO)C(F)F. The van der Waals surface area contributed by atoms with Crippen molar-refractivity contribution < 1.29 is 13.9 Å². The summed E-state index contributed by atoms with van der Waals surface area (Å²) in [4.78, 5) is 0. The Labute approximate surface area is 46.3 Å². The first kappa shape index (κ1) is 7.78. The van der Waals surface area contributed by atoms with Gasteiger partial charge in [-0.1, -0.05) is 0 Å². The molecule has 0 bridgehead atoms. The Kier molecular flexibility index (Phi) is 2.30. The third-order valence-corrected chi connectivity index (χ3v) is 0.839. The monoisotopic (exact) mass is 125 g/mol. The van der Waals surface area contributed by atoms with Gasteiger partial charge in [0.2, 0.25) is 0 Å². The van der Waals surface area contributed by atoms with Gasteiger partial charge in [0.25, 0.3) is 6.43 Å². The molecule has 0 rings (SSSR count). The Balaban J connectivity index is 3.71. The Morgan fingerprint density at radius 2 is 2.12 bits per heavy atom. The second kappa shape index (κ2) is 2.37. The standard InChI is InChI=1S/C4H9F2NO/c1-4(7,2-8)3(5)6/h3,8H,2,7H2,1H3. The Hall–Kier alpha value is -0.220. The third-order valence-electron chi connectivity index (χ3n) is 0.839. The lowest BCUT2D eigenvalue weighted by Crippen LogP contribution is -2.47. The van der Waals surface area contributed by atoms with Gasteiger partial charge in [-0.2, -0.15) is 0 Å². The lowest BCUT2D eigenvalue weighted by Gasteiger charge is -2.19. The zero-order valence-corrected chi connectivity index (χ0v) is 4.56. The average Bonchev–Trinajstić information content (AvgIpc) is 1.67. The maximum absolute atomic E-state index is 11.5. The molecule has 0 fully saturated rings. The summed E-state index contributed by atoms with van der Waals surface area (Å²) < 4.78 is 23.1. The molecule has 0 saturated carbocycles. The molecule has 3 N–H and O–H groups in total. The summed E-state index contributed by atoms with van der Waals surface area (Å²) in [6.45, 7) is 0.405. The summed E-state index contributed by atoms with van der Waals surface area (Å²) in [5.74, 6) is 0. The molecule has 0 amide bonds. The Bertz CT molecular complexity index is 74.4. The fourth-order valence-electron chi connectivity index (χ4n) is 0.0690. The highest BCUT2D eigenvalue weighted by molar-refractivity contribution is 4.79. The van der Waals surface area contributed by atoms with Crippen LogP contribution in [0, 0.1) is 0 Å². The van der Waals surface area contributed by atoms with Gasteiger partial charge in [0.15, 0.2) is 0 Å². The molecule has 0 aromatic heterocycles. The normalized spacial score (nSPS) is 18.8. The number of hydrogen-bond donors (Lipinski definition) is 2. The largest absolute Gasteiger partial charge is 0.394 e. The summed E-state index contributed by atoms with van der Waals surface area (Å²) >= 11 is 0. The first-order valence-corrected chi connectivity index (χ1v) is 2.18. The second-order valence-electron chi connectivity index (χ2n) is 1.96. The summed E-state index contributed by atoms with van der Waals surface area (Å²) in [7, 11) is 0. The summed E-state index contributed by atoms with van der Waals surface area (Å²) in [5, 5.41) is 8.16. The van der Waals surface area contributed by atoms with E-state index >= 15 is 0 Å². The number of hydrogen-bond acceptors (Lipinski definition) is 2. The van der Waals surface area contributed by atoms with Crippen LogP contribution in [0.4, 0.5) is 8.78 Å². The molecule has 8 heavy (non-hydrogen) atoms. The topological polar surface area (TPSA) is 46.2 Å². The first-order chi connectivity index (χ1) is 3.50. The molecule has 0 aromatic carbocycles. The van der Waals surface area contributed by atoms with E-state index in [4.69, 9.17) is 10.8 Å². The average molecular weight is 125 g/mol. The number of aliphatic hydroxyl groups is 1. The molecule has 50 valence electrons. The van der Waals surface area contributed by atoms with Crippen LogP contribution in [0.3, 0.4) is 0 Å². The number of halogens is 2. The molecular formula is C4H9F2NO. The predicted molar refractivity (Wildman–Crippen MR) is 25.7 cm³/mol. The third kappa shape index (κ3) is 1.71. The molecule has 4 heteroatoms. The van der Waals surface area contributed by atoms with E-state index in [9.17, 15) is 8.78 Å². The van der Waals surface area contributed by atoms with Crippen molar-refractivity contribution in [3.8, 4) is 0 Å². The van der Waals surface area contributed by atoms with E-state index in [1.807, 2.05) is 0 Å². The molecule has 1 unspecified atom stereocenters. The van der Waals surface area contributed by atoms with Gasteiger partial charge in [0.1, 0.15) is 0 Å². The molecule has 0 aliphatic heterocycles. The van der Waals surface area contributed by atoms with Crippen LogP contribution >= 0.6 is 0 Å². The minimum absolute atomic E-state index is 0.690. The van der Waals surface area contributed by atoms with Crippen LogP contribution in [0.5, 0.6) is 0 Å². The lowest BCUT2D eigenvalue weighted by atomic mass is 10.1. The van der Waals surface area contributed by atoms with E-state index in [0.717, 1.165) is 6.92 Å². The zero-order chi connectivity index (χ0) is 6.78. The molecule has 0 saturated heterocycles. The summed E-state index contributed by atoms with van der Waals surface area (Å²) in [6.07, 6.45) is -2.66. The van der Waals surface area contributed by atoms with Crippen LogP contribution in [0.1, 0.15) is 6.92 Å². The number of rotatable bonds is 2. The molecule has 0 radical (unpaired) electrons. The van der Waals surface area contributed by atoms with Crippen LogP contribution in [0.15, 0.2) is 0 Å². The highest BCUT2D eigenvalue weighted by Gasteiger charge is 2.28. The molecule has 0 heterocycles.